The Morgan fingerprint density at radius 2 is 2.32 bits per heavy atom. The fourth-order valence-corrected chi connectivity index (χ4v) is 2.27. The molecule has 0 radical (unpaired) electrons. The fourth-order valence-electron chi connectivity index (χ4n) is 2.27. The largest absolute Gasteiger partial charge is 0.481 e. The molecule has 1 fully saturated rings. The van der Waals surface area contributed by atoms with Crippen molar-refractivity contribution in [2.24, 2.45) is 11.7 Å². The highest BCUT2D eigenvalue weighted by molar-refractivity contribution is 5.94. The molecule has 102 valence electrons. The molecule has 0 spiro atoms. The first-order valence-electron chi connectivity index (χ1n) is 6.29. The van der Waals surface area contributed by atoms with Crippen LogP contribution in [0.25, 0.3) is 0 Å². The second kappa shape index (κ2) is 5.79. The van der Waals surface area contributed by atoms with Crippen LogP contribution in [-0.2, 0) is 11.3 Å². The standard InChI is InChI=1S/C13H17N3O3/c14-7-11-6-9(3-4-15-11)12(17)16-5-1-2-10(8-16)13(18)19/h3-4,6,10H,1-2,5,7-8,14H2,(H,18,19)/t10-/m1/s1. The number of nitrogens with zero attached hydrogens (tertiary/aromatic N) is 2. The predicted octanol–water partition coefficient (Wildman–Crippen LogP) is 0.477. The Balaban J connectivity index is 2.12. The van der Waals surface area contributed by atoms with E-state index in [9.17, 15) is 9.59 Å². The van der Waals surface area contributed by atoms with Crippen LogP contribution in [0.2, 0.25) is 0 Å². The van der Waals surface area contributed by atoms with Crippen LogP contribution >= 0.6 is 0 Å². The molecule has 6 heteroatoms. The summed E-state index contributed by atoms with van der Waals surface area (Å²) >= 11 is 0. The summed E-state index contributed by atoms with van der Waals surface area (Å²) in [5.41, 5.74) is 6.66. The molecule has 1 saturated heterocycles. The van der Waals surface area contributed by atoms with E-state index < -0.39 is 11.9 Å². The summed E-state index contributed by atoms with van der Waals surface area (Å²) in [6.07, 6.45) is 2.90. The van der Waals surface area contributed by atoms with E-state index in [1.165, 1.54) is 0 Å². The van der Waals surface area contributed by atoms with Crippen molar-refractivity contribution in [3.05, 3.63) is 29.6 Å². The van der Waals surface area contributed by atoms with E-state index in [4.69, 9.17) is 10.8 Å². The third-order valence-corrected chi connectivity index (χ3v) is 3.33. The van der Waals surface area contributed by atoms with Gasteiger partial charge >= 0.3 is 5.97 Å². The van der Waals surface area contributed by atoms with Gasteiger partial charge in [0.15, 0.2) is 0 Å². The minimum absolute atomic E-state index is 0.150. The zero-order valence-electron chi connectivity index (χ0n) is 10.6. The summed E-state index contributed by atoms with van der Waals surface area (Å²) in [5, 5.41) is 9.03. The summed E-state index contributed by atoms with van der Waals surface area (Å²) in [5.74, 6) is -1.45. The Bertz CT molecular complexity index is 490. The van der Waals surface area contributed by atoms with Crippen LogP contribution in [0.5, 0.6) is 0 Å². The number of carboxylic acid groups (broad SMARTS) is 1. The number of carbonyl (C=O) groups is 2. The molecule has 0 saturated carbocycles. The molecule has 0 aromatic carbocycles. The third-order valence-electron chi connectivity index (χ3n) is 3.33. The normalized spacial score (nSPS) is 19.2. The lowest BCUT2D eigenvalue weighted by atomic mass is 9.97. The van der Waals surface area contributed by atoms with E-state index in [0.29, 0.717) is 24.2 Å². The molecule has 1 aromatic rings. The minimum Gasteiger partial charge on any atom is -0.481 e. The van der Waals surface area contributed by atoms with Crippen molar-refractivity contribution in [1.29, 1.82) is 0 Å². The molecule has 2 rings (SSSR count). The van der Waals surface area contributed by atoms with Crippen molar-refractivity contribution in [1.82, 2.24) is 9.88 Å². The van der Waals surface area contributed by atoms with Gasteiger partial charge in [0, 0.05) is 31.4 Å². The van der Waals surface area contributed by atoms with Gasteiger partial charge in [-0.3, -0.25) is 14.6 Å². The van der Waals surface area contributed by atoms with Gasteiger partial charge < -0.3 is 15.7 Å². The number of rotatable bonds is 3. The number of likely N-dealkylation sites (tertiary alicyclic amines) is 1. The molecule has 1 aliphatic heterocycles. The quantitative estimate of drug-likeness (QED) is 0.826. The number of aromatic nitrogens is 1. The van der Waals surface area contributed by atoms with Gasteiger partial charge in [0.05, 0.1) is 11.6 Å². The lowest BCUT2D eigenvalue weighted by Crippen LogP contribution is -2.42. The number of piperidine rings is 1. The van der Waals surface area contributed by atoms with Gasteiger partial charge in [0.2, 0.25) is 0 Å². The van der Waals surface area contributed by atoms with Crippen molar-refractivity contribution < 1.29 is 14.7 Å². The third kappa shape index (κ3) is 3.08. The summed E-state index contributed by atoms with van der Waals surface area (Å²) in [4.78, 5) is 28.9. The second-order valence-electron chi connectivity index (χ2n) is 4.67. The van der Waals surface area contributed by atoms with Crippen LogP contribution in [-0.4, -0.2) is 40.0 Å². The summed E-state index contributed by atoms with van der Waals surface area (Å²) in [7, 11) is 0. The first-order valence-corrected chi connectivity index (χ1v) is 6.29. The zero-order valence-corrected chi connectivity index (χ0v) is 10.6. The maximum Gasteiger partial charge on any atom is 0.308 e. The molecule has 1 amide bonds. The highest BCUT2D eigenvalue weighted by Crippen LogP contribution is 2.18. The van der Waals surface area contributed by atoms with E-state index in [-0.39, 0.29) is 19.0 Å². The average molecular weight is 263 g/mol. The highest BCUT2D eigenvalue weighted by Gasteiger charge is 2.28. The van der Waals surface area contributed by atoms with Gasteiger partial charge in [-0.1, -0.05) is 0 Å². The van der Waals surface area contributed by atoms with E-state index >= 15 is 0 Å². The van der Waals surface area contributed by atoms with Gasteiger partial charge in [-0.2, -0.15) is 0 Å². The number of aliphatic carboxylic acids is 1. The smallest absolute Gasteiger partial charge is 0.308 e. The molecule has 6 nitrogen and oxygen atoms in total. The van der Waals surface area contributed by atoms with Crippen LogP contribution in [0.15, 0.2) is 18.3 Å². The van der Waals surface area contributed by atoms with E-state index in [2.05, 4.69) is 4.98 Å². The van der Waals surface area contributed by atoms with Crippen LogP contribution in [0, 0.1) is 5.92 Å². The Labute approximate surface area is 111 Å². The van der Waals surface area contributed by atoms with Gasteiger partial charge in [0.1, 0.15) is 0 Å². The summed E-state index contributed by atoms with van der Waals surface area (Å²) in [6.45, 7) is 1.15. The molecule has 1 aliphatic rings. The number of hydrogen-bond acceptors (Lipinski definition) is 4. The molecular weight excluding hydrogens is 246 g/mol. The van der Waals surface area contributed by atoms with Crippen molar-refractivity contribution in [3.63, 3.8) is 0 Å². The highest BCUT2D eigenvalue weighted by atomic mass is 16.4. The number of carboxylic acids is 1. The minimum atomic E-state index is -0.838. The van der Waals surface area contributed by atoms with Crippen LogP contribution < -0.4 is 5.73 Å². The summed E-state index contributed by atoms with van der Waals surface area (Å²) < 4.78 is 0. The van der Waals surface area contributed by atoms with E-state index in [0.717, 1.165) is 6.42 Å². The lowest BCUT2D eigenvalue weighted by Gasteiger charge is -2.30. The van der Waals surface area contributed by atoms with Crippen LogP contribution in [0.1, 0.15) is 28.9 Å². The van der Waals surface area contributed by atoms with Gasteiger partial charge in [-0.15, -0.1) is 0 Å². The summed E-state index contributed by atoms with van der Waals surface area (Å²) in [6, 6.07) is 3.29. The van der Waals surface area contributed by atoms with Crippen LogP contribution in [0.4, 0.5) is 0 Å². The number of carbonyl (C=O) groups excluding carboxylic acids is 1. The molecule has 0 aliphatic carbocycles. The average Bonchev–Trinajstić information content (AvgIpc) is 2.46. The molecular formula is C13H17N3O3. The molecule has 19 heavy (non-hydrogen) atoms. The van der Waals surface area contributed by atoms with Crippen molar-refractivity contribution >= 4 is 11.9 Å². The predicted molar refractivity (Wildman–Crippen MR) is 68.4 cm³/mol. The van der Waals surface area contributed by atoms with Crippen molar-refractivity contribution in [2.45, 2.75) is 19.4 Å². The Hall–Kier alpha value is -1.95. The molecule has 3 N–H and O–H groups in total. The number of pyridine rings is 1. The molecule has 0 bridgehead atoms. The van der Waals surface area contributed by atoms with E-state index in [1.54, 1.807) is 23.2 Å². The maximum absolute atomic E-state index is 12.3. The van der Waals surface area contributed by atoms with Crippen molar-refractivity contribution in [3.8, 4) is 0 Å². The molecule has 1 aromatic heterocycles. The fraction of sp³-hybridized carbons (Fsp3) is 0.462. The monoisotopic (exact) mass is 263 g/mol. The maximum atomic E-state index is 12.3. The van der Waals surface area contributed by atoms with Crippen molar-refractivity contribution in [2.75, 3.05) is 13.1 Å². The Morgan fingerprint density at radius 1 is 1.53 bits per heavy atom. The number of hydrogen-bond donors (Lipinski definition) is 2. The molecule has 1 atom stereocenters. The SMILES string of the molecule is NCc1cc(C(=O)N2CCC[C@@H](C(=O)O)C2)ccn1. The number of nitrogens with two attached hydrogens (primary N) is 1. The Morgan fingerprint density at radius 3 is 3.00 bits per heavy atom. The first-order chi connectivity index (χ1) is 9.11. The Kier molecular flexibility index (Phi) is 4.11. The van der Waals surface area contributed by atoms with Crippen LogP contribution in [0.3, 0.4) is 0 Å². The van der Waals surface area contributed by atoms with Gasteiger partial charge in [-0.25, -0.2) is 0 Å². The second-order valence-corrected chi connectivity index (χ2v) is 4.67. The lowest BCUT2D eigenvalue weighted by molar-refractivity contribution is -0.143. The van der Waals surface area contributed by atoms with Gasteiger partial charge in [-0.05, 0) is 25.0 Å². The number of amides is 1. The van der Waals surface area contributed by atoms with Gasteiger partial charge in [0.25, 0.3) is 5.91 Å². The topological polar surface area (TPSA) is 96.5 Å². The molecule has 2 heterocycles. The van der Waals surface area contributed by atoms with E-state index in [1.807, 2.05) is 0 Å². The first kappa shape index (κ1) is 13.5. The zero-order chi connectivity index (χ0) is 13.8. The molecule has 0 unspecified atom stereocenters.